The lowest BCUT2D eigenvalue weighted by Crippen LogP contribution is -2.11. The van der Waals surface area contributed by atoms with Crippen LogP contribution >= 0.6 is 11.6 Å². The van der Waals surface area contributed by atoms with Gasteiger partial charge in [-0.3, -0.25) is 4.68 Å². The fourth-order valence-corrected chi connectivity index (χ4v) is 3.25. The smallest absolute Gasteiger partial charge is 0.137 e. The van der Waals surface area contributed by atoms with Gasteiger partial charge in [0.2, 0.25) is 0 Å². The Kier molecular flexibility index (Phi) is 5.72. The number of aromatic nitrogens is 3. The number of halogens is 2. The fraction of sp³-hybridized carbons (Fsp3) is 0.0909. The van der Waals surface area contributed by atoms with Gasteiger partial charge in [-0.1, -0.05) is 41.9 Å². The molecule has 146 valence electrons. The van der Waals surface area contributed by atoms with Gasteiger partial charge >= 0.3 is 0 Å². The molecule has 0 unspecified atom stereocenters. The van der Waals surface area contributed by atoms with E-state index in [1.807, 2.05) is 36.4 Å². The second-order valence-corrected chi connectivity index (χ2v) is 6.87. The molecule has 0 saturated heterocycles. The zero-order valence-corrected chi connectivity index (χ0v) is 16.3. The standard InChI is InChI=1S/C22H19ClFN5/c23-20-12-17(24)6-8-22(20)28-18-7-9-21(26-10-11-29-15-25-14-27-29)19(13-18)16-4-2-1-3-5-16/h1-9,12-15,26,28H,10-11H2. The molecule has 0 aliphatic rings. The van der Waals surface area contributed by atoms with Crippen molar-refractivity contribution in [3.05, 3.63) is 90.2 Å². The molecule has 0 atom stereocenters. The molecule has 5 nitrogen and oxygen atoms in total. The predicted octanol–water partition coefficient (Wildman–Crippen LogP) is 5.59. The minimum absolute atomic E-state index is 0.335. The first-order valence-electron chi connectivity index (χ1n) is 9.17. The Morgan fingerprint density at radius 1 is 0.966 bits per heavy atom. The van der Waals surface area contributed by atoms with Gasteiger partial charge in [-0.15, -0.1) is 0 Å². The summed E-state index contributed by atoms with van der Waals surface area (Å²) in [5.41, 5.74) is 4.65. The first-order chi connectivity index (χ1) is 14.2. The summed E-state index contributed by atoms with van der Waals surface area (Å²) in [6.07, 6.45) is 3.22. The molecule has 4 aromatic rings. The molecule has 0 amide bonds. The normalized spacial score (nSPS) is 10.7. The number of nitrogens with one attached hydrogen (secondary N) is 2. The highest BCUT2D eigenvalue weighted by molar-refractivity contribution is 6.33. The highest BCUT2D eigenvalue weighted by Crippen LogP contribution is 2.33. The molecule has 0 spiro atoms. The zero-order valence-electron chi connectivity index (χ0n) is 15.5. The molecule has 0 aliphatic carbocycles. The van der Waals surface area contributed by atoms with Crippen LogP contribution in [0.5, 0.6) is 0 Å². The van der Waals surface area contributed by atoms with E-state index in [4.69, 9.17) is 11.6 Å². The molecule has 0 aliphatic heterocycles. The minimum Gasteiger partial charge on any atom is -0.383 e. The maximum Gasteiger partial charge on any atom is 0.137 e. The maximum atomic E-state index is 13.3. The summed E-state index contributed by atoms with van der Waals surface area (Å²) in [5, 5.41) is 11.2. The number of hydrogen-bond acceptors (Lipinski definition) is 4. The molecule has 1 heterocycles. The van der Waals surface area contributed by atoms with Crippen LogP contribution in [0, 0.1) is 5.82 Å². The number of benzene rings is 3. The van der Waals surface area contributed by atoms with E-state index in [2.05, 4.69) is 32.8 Å². The number of nitrogens with zero attached hydrogens (tertiary/aromatic N) is 3. The third kappa shape index (κ3) is 4.73. The lowest BCUT2D eigenvalue weighted by molar-refractivity contribution is 0.628. The Morgan fingerprint density at radius 2 is 1.79 bits per heavy atom. The second kappa shape index (κ2) is 8.75. The summed E-state index contributed by atoms with van der Waals surface area (Å²) in [7, 11) is 0. The molecule has 0 fully saturated rings. The molecule has 7 heteroatoms. The van der Waals surface area contributed by atoms with E-state index in [1.54, 1.807) is 17.1 Å². The molecule has 0 bridgehead atoms. The highest BCUT2D eigenvalue weighted by Gasteiger charge is 2.09. The summed E-state index contributed by atoms with van der Waals surface area (Å²) in [5.74, 6) is -0.363. The Balaban J connectivity index is 1.59. The average molecular weight is 408 g/mol. The maximum absolute atomic E-state index is 13.3. The van der Waals surface area contributed by atoms with Crippen LogP contribution in [-0.2, 0) is 6.54 Å². The van der Waals surface area contributed by atoms with Crippen LogP contribution in [0.2, 0.25) is 5.02 Å². The molecule has 4 rings (SSSR count). The largest absolute Gasteiger partial charge is 0.383 e. The van der Waals surface area contributed by atoms with E-state index in [9.17, 15) is 4.39 Å². The highest BCUT2D eigenvalue weighted by atomic mass is 35.5. The molecular weight excluding hydrogens is 389 g/mol. The Morgan fingerprint density at radius 3 is 2.55 bits per heavy atom. The zero-order chi connectivity index (χ0) is 20.1. The number of hydrogen-bond donors (Lipinski definition) is 2. The van der Waals surface area contributed by atoms with Crippen molar-refractivity contribution in [2.45, 2.75) is 6.54 Å². The second-order valence-electron chi connectivity index (χ2n) is 6.46. The van der Waals surface area contributed by atoms with Crippen molar-refractivity contribution in [3.63, 3.8) is 0 Å². The van der Waals surface area contributed by atoms with E-state index in [0.29, 0.717) is 23.8 Å². The summed E-state index contributed by atoms with van der Waals surface area (Å²) in [4.78, 5) is 3.96. The lowest BCUT2D eigenvalue weighted by Gasteiger charge is -2.16. The van der Waals surface area contributed by atoms with E-state index in [0.717, 1.165) is 22.5 Å². The van der Waals surface area contributed by atoms with Gasteiger partial charge in [0.05, 0.1) is 17.3 Å². The van der Waals surface area contributed by atoms with E-state index in [1.165, 1.54) is 18.5 Å². The Labute approximate surface area is 173 Å². The molecule has 1 aromatic heterocycles. The number of anilines is 3. The SMILES string of the molecule is Fc1ccc(Nc2ccc(NCCn3cncn3)c(-c3ccccc3)c2)c(Cl)c1. The van der Waals surface area contributed by atoms with Gasteiger partial charge in [0.15, 0.2) is 0 Å². The van der Waals surface area contributed by atoms with Crippen LogP contribution in [0.15, 0.2) is 79.4 Å². The first kappa shape index (κ1) is 19.0. The van der Waals surface area contributed by atoms with Gasteiger partial charge in [0.1, 0.15) is 18.5 Å². The topological polar surface area (TPSA) is 54.8 Å². The average Bonchev–Trinajstić information content (AvgIpc) is 3.25. The van der Waals surface area contributed by atoms with E-state index >= 15 is 0 Å². The molecule has 29 heavy (non-hydrogen) atoms. The van der Waals surface area contributed by atoms with Gasteiger partial charge in [0.25, 0.3) is 0 Å². The van der Waals surface area contributed by atoms with Crippen molar-refractivity contribution in [1.82, 2.24) is 14.8 Å². The summed E-state index contributed by atoms with van der Waals surface area (Å²) in [6, 6.07) is 20.5. The van der Waals surface area contributed by atoms with Crippen molar-refractivity contribution in [3.8, 4) is 11.1 Å². The van der Waals surface area contributed by atoms with Gasteiger partial charge in [0, 0.05) is 23.5 Å². The monoisotopic (exact) mass is 407 g/mol. The van der Waals surface area contributed by atoms with Crippen LogP contribution in [0.1, 0.15) is 0 Å². The lowest BCUT2D eigenvalue weighted by atomic mass is 10.0. The summed E-state index contributed by atoms with van der Waals surface area (Å²) < 4.78 is 15.1. The third-order valence-electron chi connectivity index (χ3n) is 4.44. The third-order valence-corrected chi connectivity index (χ3v) is 4.75. The summed E-state index contributed by atoms with van der Waals surface area (Å²) >= 11 is 6.16. The van der Waals surface area contributed by atoms with Crippen molar-refractivity contribution in [2.24, 2.45) is 0 Å². The first-order valence-corrected chi connectivity index (χ1v) is 9.55. The number of rotatable bonds is 7. The molecule has 3 aromatic carbocycles. The quantitative estimate of drug-likeness (QED) is 0.419. The van der Waals surface area contributed by atoms with Crippen LogP contribution in [0.3, 0.4) is 0 Å². The van der Waals surface area contributed by atoms with Crippen LogP contribution < -0.4 is 10.6 Å². The van der Waals surface area contributed by atoms with Gasteiger partial charge in [-0.05, 0) is 42.0 Å². The fourth-order valence-electron chi connectivity index (χ4n) is 3.03. The van der Waals surface area contributed by atoms with Crippen molar-refractivity contribution >= 4 is 28.7 Å². The predicted molar refractivity (Wildman–Crippen MR) is 115 cm³/mol. The van der Waals surface area contributed by atoms with Gasteiger partial charge < -0.3 is 10.6 Å². The van der Waals surface area contributed by atoms with Crippen molar-refractivity contribution in [1.29, 1.82) is 0 Å². The van der Waals surface area contributed by atoms with Crippen molar-refractivity contribution < 1.29 is 4.39 Å². The van der Waals surface area contributed by atoms with E-state index < -0.39 is 0 Å². The van der Waals surface area contributed by atoms with Gasteiger partial charge in [-0.25, -0.2) is 9.37 Å². The molecule has 2 N–H and O–H groups in total. The Hall–Kier alpha value is -3.38. The van der Waals surface area contributed by atoms with Gasteiger partial charge in [-0.2, -0.15) is 5.10 Å². The van der Waals surface area contributed by atoms with Crippen molar-refractivity contribution in [2.75, 3.05) is 17.2 Å². The molecule has 0 saturated carbocycles. The van der Waals surface area contributed by atoms with Crippen LogP contribution in [0.25, 0.3) is 11.1 Å². The summed E-state index contributed by atoms with van der Waals surface area (Å²) in [6.45, 7) is 1.42. The molecular formula is C22H19ClFN5. The Bertz CT molecular complexity index is 1080. The van der Waals surface area contributed by atoms with E-state index in [-0.39, 0.29) is 5.82 Å². The van der Waals surface area contributed by atoms with Crippen LogP contribution in [-0.4, -0.2) is 21.3 Å². The minimum atomic E-state index is -0.363. The molecule has 0 radical (unpaired) electrons. The van der Waals surface area contributed by atoms with Crippen LogP contribution in [0.4, 0.5) is 21.5 Å².